The molecule has 0 saturated carbocycles. The topological polar surface area (TPSA) is 67.9 Å². The van der Waals surface area contributed by atoms with E-state index in [1.165, 1.54) is 7.11 Å². The molecule has 0 bridgehead atoms. The quantitative estimate of drug-likeness (QED) is 0.587. The zero-order chi connectivity index (χ0) is 18.7. The second-order valence-electron chi connectivity index (χ2n) is 6.09. The Balaban J connectivity index is 2.38. The smallest absolute Gasteiger partial charge is 0.322 e. The summed E-state index contributed by atoms with van der Waals surface area (Å²) in [6.45, 7) is 7.97. The van der Waals surface area contributed by atoms with Crippen molar-refractivity contribution in [3.63, 3.8) is 0 Å². The molecule has 0 saturated heterocycles. The van der Waals surface area contributed by atoms with Crippen LogP contribution in [0, 0.1) is 5.92 Å². The molecule has 1 aliphatic heterocycles. The van der Waals surface area contributed by atoms with Crippen molar-refractivity contribution in [3.05, 3.63) is 33.9 Å². The molecule has 0 radical (unpaired) electrons. The fourth-order valence-electron chi connectivity index (χ4n) is 2.55. The van der Waals surface area contributed by atoms with Crippen molar-refractivity contribution in [1.82, 2.24) is 10.2 Å². The maximum Gasteiger partial charge on any atom is 0.322 e. The lowest BCUT2D eigenvalue weighted by molar-refractivity contribution is -0.137. The Morgan fingerprint density at radius 3 is 2.60 bits per heavy atom. The average molecular weight is 411 g/mol. The van der Waals surface area contributed by atoms with Crippen molar-refractivity contribution >= 4 is 27.9 Å². The number of benzene rings is 1. The summed E-state index contributed by atoms with van der Waals surface area (Å²) in [5, 5.41) is 2.95. The maximum absolute atomic E-state index is 12.2. The molecular weight excluding hydrogens is 388 g/mol. The molecule has 1 aromatic rings. The van der Waals surface area contributed by atoms with Gasteiger partial charge in [0.2, 0.25) is 0 Å². The van der Waals surface area contributed by atoms with E-state index in [-0.39, 0.29) is 24.0 Å². The van der Waals surface area contributed by atoms with E-state index in [1.807, 2.05) is 26.0 Å². The van der Waals surface area contributed by atoms with Crippen molar-refractivity contribution in [2.45, 2.75) is 33.7 Å². The number of carbonyl (C=O) groups is 2. The number of nitrogens with zero attached hydrogens (tertiary/aromatic N) is 1. The van der Waals surface area contributed by atoms with Gasteiger partial charge in [0.1, 0.15) is 0 Å². The van der Waals surface area contributed by atoms with Gasteiger partial charge in [0.25, 0.3) is 0 Å². The van der Waals surface area contributed by atoms with Gasteiger partial charge in [-0.2, -0.15) is 0 Å². The van der Waals surface area contributed by atoms with E-state index in [1.54, 1.807) is 24.8 Å². The van der Waals surface area contributed by atoms with Crippen LogP contribution < -0.4 is 14.8 Å². The summed E-state index contributed by atoms with van der Waals surface area (Å²) in [5.41, 5.74) is 1.72. The Kier molecular flexibility index (Phi) is 6.11. The van der Waals surface area contributed by atoms with Crippen LogP contribution in [-0.4, -0.2) is 30.6 Å². The van der Waals surface area contributed by atoms with E-state index in [0.29, 0.717) is 22.5 Å². The van der Waals surface area contributed by atoms with Gasteiger partial charge in [0.15, 0.2) is 11.5 Å². The van der Waals surface area contributed by atoms with Gasteiger partial charge in [-0.15, -0.1) is 0 Å². The lowest BCUT2D eigenvalue weighted by Crippen LogP contribution is -2.44. The molecule has 6 nitrogen and oxygen atoms in total. The largest absolute Gasteiger partial charge is 0.493 e. The van der Waals surface area contributed by atoms with E-state index in [0.717, 1.165) is 11.3 Å². The molecule has 1 atom stereocenters. The van der Waals surface area contributed by atoms with Crippen molar-refractivity contribution < 1.29 is 19.1 Å². The molecule has 1 heterocycles. The van der Waals surface area contributed by atoms with Crippen LogP contribution in [0.3, 0.4) is 0 Å². The minimum atomic E-state index is -0.341. The van der Waals surface area contributed by atoms with E-state index < -0.39 is 0 Å². The molecule has 0 spiro atoms. The molecule has 1 aliphatic rings. The number of esters is 1. The first kappa shape index (κ1) is 19.3. The summed E-state index contributed by atoms with van der Waals surface area (Å²) in [7, 11) is 1.51. The third-order valence-corrected chi connectivity index (χ3v) is 4.55. The normalized spacial score (nSPS) is 17.2. The number of ether oxygens (including phenoxy) is 2. The Morgan fingerprint density at radius 1 is 1.40 bits per heavy atom. The molecule has 1 unspecified atom stereocenters. The Hall–Kier alpha value is -2.02. The van der Waals surface area contributed by atoms with Crippen LogP contribution in [0.4, 0.5) is 4.79 Å². The molecule has 7 heteroatoms. The predicted octanol–water partition coefficient (Wildman–Crippen LogP) is 4.01. The predicted molar refractivity (Wildman–Crippen MR) is 98.6 cm³/mol. The Labute approximate surface area is 156 Å². The summed E-state index contributed by atoms with van der Waals surface area (Å²) < 4.78 is 11.4. The van der Waals surface area contributed by atoms with E-state index in [4.69, 9.17) is 9.47 Å². The number of nitrogens with one attached hydrogen (secondary N) is 1. The number of amides is 2. The number of halogens is 1. The highest BCUT2D eigenvalue weighted by Crippen LogP contribution is 2.39. The number of carbonyl (C=O) groups excluding carboxylic acids is 2. The lowest BCUT2D eigenvalue weighted by atomic mass is 10.0. The number of hydrogen-bond acceptors (Lipinski definition) is 4. The molecule has 0 aromatic heterocycles. The van der Waals surface area contributed by atoms with Gasteiger partial charge in [0, 0.05) is 12.2 Å². The van der Waals surface area contributed by atoms with Gasteiger partial charge in [-0.05, 0) is 53.5 Å². The highest BCUT2D eigenvalue weighted by atomic mass is 79.9. The zero-order valence-corrected chi connectivity index (χ0v) is 16.6. The molecule has 0 fully saturated rings. The van der Waals surface area contributed by atoms with Crippen molar-refractivity contribution in [3.8, 4) is 11.5 Å². The van der Waals surface area contributed by atoms with Gasteiger partial charge in [-0.1, -0.05) is 13.8 Å². The molecule has 25 heavy (non-hydrogen) atoms. The molecule has 0 aliphatic carbocycles. The first-order chi connectivity index (χ1) is 11.8. The number of allylic oxidation sites excluding steroid dienone is 1. The summed E-state index contributed by atoms with van der Waals surface area (Å²) in [6, 6.07) is 3.17. The molecule has 1 N–H and O–H groups in total. The molecule has 136 valence electrons. The first-order valence-corrected chi connectivity index (χ1v) is 8.93. The van der Waals surface area contributed by atoms with E-state index in [9.17, 15) is 9.59 Å². The highest BCUT2D eigenvalue weighted by molar-refractivity contribution is 9.10. The highest BCUT2D eigenvalue weighted by Gasteiger charge is 2.26. The third kappa shape index (κ3) is 4.15. The lowest BCUT2D eigenvalue weighted by Gasteiger charge is -2.31. The number of hydrogen-bond donors (Lipinski definition) is 1. The van der Waals surface area contributed by atoms with Gasteiger partial charge in [-0.3, -0.25) is 9.69 Å². The Morgan fingerprint density at radius 2 is 2.08 bits per heavy atom. The van der Waals surface area contributed by atoms with Crippen molar-refractivity contribution in [1.29, 1.82) is 0 Å². The number of rotatable bonds is 5. The summed E-state index contributed by atoms with van der Waals surface area (Å²) in [4.78, 5) is 25.8. The minimum Gasteiger partial charge on any atom is -0.493 e. The van der Waals surface area contributed by atoms with Crippen LogP contribution in [0.5, 0.6) is 11.5 Å². The summed E-state index contributed by atoms with van der Waals surface area (Å²) >= 11 is 3.44. The fraction of sp³-hybridized carbons (Fsp3) is 0.444. The van der Waals surface area contributed by atoms with Crippen LogP contribution in [0.25, 0.3) is 0 Å². The van der Waals surface area contributed by atoms with E-state index in [2.05, 4.69) is 21.2 Å². The van der Waals surface area contributed by atoms with Gasteiger partial charge in [-0.25, -0.2) is 4.79 Å². The van der Waals surface area contributed by atoms with Gasteiger partial charge in [0.05, 0.1) is 23.5 Å². The Bertz CT molecular complexity index is 715. The van der Waals surface area contributed by atoms with E-state index >= 15 is 0 Å². The minimum absolute atomic E-state index is 0.141. The maximum atomic E-state index is 12.2. The summed E-state index contributed by atoms with van der Waals surface area (Å²) in [5.74, 6) is 0.172. The zero-order valence-electron chi connectivity index (χ0n) is 15.1. The van der Waals surface area contributed by atoms with Crippen LogP contribution in [0.2, 0.25) is 0 Å². The second kappa shape index (κ2) is 7.91. The van der Waals surface area contributed by atoms with Gasteiger partial charge >= 0.3 is 12.0 Å². The first-order valence-electron chi connectivity index (χ1n) is 8.14. The van der Waals surface area contributed by atoms with Crippen molar-refractivity contribution in [2.75, 3.05) is 13.7 Å². The van der Waals surface area contributed by atoms with Gasteiger partial charge < -0.3 is 14.8 Å². The van der Waals surface area contributed by atoms with Crippen LogP contribution in [-0.2, 0) is 4.79 Å². The number of methoxy groups -OCH3 is 1. The third-order valence-electron chi connectivity index (χ3n) is 3.96. The monoisotopic (exact) mass is 410 g/mol. The second-order valence-corrected chi connectivity index (χ2v) is 6.94. The molecule has 2 amide bonds. The fourth-order valence-corrected chi connectivity index (χ4v) is 3.09. The molecular formula is C18H23BrN2O4. The number of urea groups is 1. The summed E-state index contributed by atoms with van der Waals surface area (Å²) in [6.07, 6.45) is 1.98. The SMILES string of the molecule is CCN1C(=O)NC(c2cc(Br)c(OC(=O)C(C)C)c(OC)c2)C=C1C. The van der Waals surface area contributed by atoms with Crippen LogP contribution in [0.1, 0.15) is 39.3 Å². The molecule has 1 aromatic carbocycles. The standard InChI is InChI=1S/C18H23BrN2O4/c1-6-21-11(4)7-14(20-18(21)23)12-8-13(19)16(15(9-12)24-5)25-17(22)10(2)3/h7-10,14H,6H2,1-5H3,(H,20,23). The molecule has 2 rings (SSSR count). The van der Waals surface area contributed by atoms with Crippen LogP contribution >= 0.6 is 15.9 Å². The van der Waals surface area contributed by atoms with Crippen molar-refractivity contribution in [2.24, 2.45) is 5.92 Å². The van der Waals surface area contributed by atoms with Crippen LogP contribution in [0.15, 0.2) is 28.4 Å². The average Bonchev–Trinajstić information content (AvgIpc) is 2.55.